The molecule has 2 aromatic heterocycles. The Morgan fingerprint density at radius 1 is 0.574 bits per heavy atom. The summed E-state index contributed by atoms with van der Waals surface area (Å²) < 4.78 is 48.6. The third kappa shape index (κ3) is 5.43. The first kappa shape index (κ1) is 34.8. The molecule has 4 nitrogen and oxygen atoms in total. The van der Waals surface area contributed by atoms with Gasteiger partial charge in [0.1, 0.15) is 11.6 Å². The van der Waals surface area contributed by atoms with Crippen LogP contribution in [-0.4, -0.2) is 9.13 Å². The van der Waals surface area contributed by atoms with Crippen molar-refractivity contribution >= 4 is 49.3 Å². The summed E-state index contributed by atoms with van der Waals surface area (Å²) in [5, 5.41) is 15.1. The summed E-state index contributed by atoms with van der Waals surface area (Å²) in [5.74, 6) is 0. The van der Waals surface area contributed by atoms with Gasteiger partial charge in [-0.15, -0.1) is 0 Å². The first-order valence-corrected chi connectivity index (χ1v) is 17.9. The highest BCUT2D eigenvalue weighted by Gasteiger charge is 2.35. The highest BCUT2D eigenvalue weighted by atomic mass is 19.4. The maximum Gasteiger partial charge on any atom is 0.415 e. The average Bonchev–Trinajstić information content (AvgIpc) is 3.65. The van der Waals surface area contributed by atoms with Crippen LogP contribution in [0.1, 0.15) is 63.8 Å². The van der Waals surface area contributed by atoms with Gasteiger partial charge in [-0.2, -0.15) is 18.4 Å². The Kier molecular flexibility index (Phi) is 7.80. The third-order valence-corrected chi connectivity index (χ3v) is 10.5. The van der Waals surface area contributed by atoms with Gasteiger partial charge in [-0.3, -0.25) is 0 Å². The van der Waals surface area contributed by atoms with Crippen LogP contribution in [-0.2, 0) is 17.0 Å². The van der Waals surface area contributed by atoms with Crippen molar-refractivity contribution < 1.29 is 13.2 Å². The second-order valence-corrected chi connectivity index (χ2v) is 16.0. The summed E-state index contributed by atoms with van der Waals surface area (Å²) in [5.41, 5.74) is 5.31. The molecule has 0 aliphatic rings. The molecule has 0 bridgehead atoms. The lowest BCUT2D eigenvalue weighted by Crippen LogP contribution is -2.11. The third-order valence-electron chi connectivity index (χ3n) is 10.5. The SMILES string of the molecule is [C-]#[N+]c1cccc(C(F)(F)F)c1-c1cc(-n2c3ccccc3c3cc(C(C)(C)C)ccc32)c(C#N)c(-n2c3ccccc3c3cc(C(C)(C)C)ccc32)c1. The predicted molar refractivity (Wildman–Crippen MR) is 214 cm³/mol. The minimum atomic E-state index is -4.74. The monoisotopic (exact) mass is 714 g/mol. The van der Waals surface area contributed by atoms with E-state index in [0.29, 0.717) is 11.4 Å². The Bertz CT molecular complexity index is 2760. The van der Waals surface area contributed by atoms with Crippen molar-refractivity contribution in [2.24, 2.45) is 0 Å². The van der Waals surface area contributed by atoms with Gasteiger partial charge < -0.3 is 9.13 Å². The molecule has 0 N–H and O–H groups in total. The van der Waals surface area contributed by atoms with Crippen molar-refractivity contribution in [1.82, 2.24) is 9.13 Å². The molecule has 54 heavy (non-hydrogen) atoms. The second kappa shape index (κ2) is 12.1. The van der Waals surface area contributed by atoms with Gasteiger partial charge in [-0.1, -0.05) is 108 Å². The molecule has 0 radical (unpaired) electrons. The molecule has 0 saturated heterocycles. The van der Waals surface area contributed by atoms with E-state index in [2.05, 4.69) is 76.7 Å². The van der Waals surface area contributed by atoms with Gasteiger partial charge >= 0.3 is 6.18 Å². The van der Waals surface area contributed by atoms with E-state index in [1.807, 2.05) is 69.8 Å². The van der Waals surface area contributed by atoms with Crippen LogP contribution >= 0.6 is 0 Å². The van der Waals surface area contributed by atoms with E-state index in [9.17, 15) is 18.4 Å². The van der Waals surface area contributed by atoms with Gasteiger partial charge in [-0.05, 0) is 81.6 Å². The number of rotatable bonds is 3. The van der Waals surface area contributed by atoms with Crippen molar-refractivity contribution in [2.75, 3.05) is 0 Å². The van der Waals surface area contributed by atoms with Crippen LogP contribution in [0.15, 0.2) is 115 Å². The van der Waals surface area contributed by atoms with Gasteiger partial charge in [0.15, 0.2) is 5.69 Å². The topological polar surface area (TPSA) is 38.0 Å². The van der Waals surface area contributed by atoms with Gasteiger partial charge in [0, 0.05) is 21.5 Å². The molecule has 0 unspecified atom stereocenters. The van der Waals surface area contributed by atoms with Crippen LogP contribution in [0.25, 0.3) is 71.0 Å². The quantitative estimate of drug-likeness (QED) is 0.168. The maximum absolute atomic E-state index is 14.9. The van der Waals surface area contributed by atoms with Crippen molar-refractivity contribution in [1.29, 1.82) is 5.26 Å². The standard InChI is InChI=1S/C47H37F3N4/c1-45(2,3)29-19-21-40-33(25-29)31-13-8-10-17-38(31)53(40)42-23-28(44-36(47(48,49)50)15-12-16-37(44)52-7)24-43(35(42)27-51)54-39-18-11-9-14-32(39)34-26-30(46(4,5)6)20-22-41(34)54/h8-26H,1-6H3. The predicted octanol–water partition coefficient (Wildman–Crippen LogP) is 13.6. The molecule has 7 heteroatoms. The smallest absolute Gasteiger partial charge is 0.308 e. The summed E-state index contributed by atoms with van der Waals surface area (Å²) in [4.78, 5) is 3.58. The first-order valence-electron chi connectivity index (χ1n) is 17.9. The van der Waals surface area contributed by atoms with Crippen LogP contribution in [0.2, 0.25) is 0 Å². The molecule has 0 fully saturated rings. The van der Waals surface area contributed by atoms with Crippen LogP contribution < -0.4 is 0 Å². The lowest BCUT2D eigenvalue weighted by Gasteiger charge is -2.21. The summed E-state index contributed by atoms with van der Waals surface area (Å²) in [6.45, 7) is 20.9. The highest BCUT2D eigenvalue weighted by molar-refractivity contribution is 6.11. The average molecular weight is 715 g/mol. The number of fused-ring (bicyclic) bond motifs is 6. The van der Waals surface area contributed by atoms with Gasteiger partial charge in [-0.25, -0.2) is 4.85 Å². The molecule has 0 aliphatic heterocycles. The first-order chi connectivity index (χ1) is 25.6. The second-order valence-electron chi connectivity index (χ2n) is 16.0. The maximum atomic E-state index is 14.9. The van der Waals surface area contributed by atoms with Crippen LogP contribution in [0.4, 0.5) is 18.9 Å². The molecule has 0 amide bonds. The number of nitriles is 1. The van der Waals surface area contributed by atoms with Crippen molar-refractivity contribution in [3.8, 4) is 28.6 Å². The zero-order valence-electron chi connectivity index (χ0n) is 30.9. The minimum Gasteiger partial charge on any atom is -0.308 e. The summed E-state index contributed by atoms with van der Waals surface area (Å²) in [6.07, 6.45) is -4.74. The Morgan fingerprint density at radius 2 is 1.04 bits per heavy atom. The fraction of sp³-hybridized carbons (Fsp3) is 0.191. The van der Waals surface area contributed by atoms with E-state index in [1.54, 1.807) is 12.1 Å². The number of aromatic nitrogens is 2. The van der Waals surface area contributed by atoms with E-state index in [1.165, 1.54) is 12.1 Å². The van der Waals surface area contributed by atoms with Crippen LogP contribution in [0.3, 0.4) is 0 Å². The van der Waals surface area contributed by atoms with E-state index < -0.39 is 11.7 Å². The largest absolute Gasteiger partial charge is 0.415 e. The molecule has 0 aliphatic carbocycles. The number of halogens is 3. The molecule has 0 atom stereocenters. The van der Waals surface area contributed by atoms with Crippen molar-refractivity contribution in [2.45, 2.75) is 58.5 Å². The molecule has 6 aromatic carbocycles. The fourth-order valence-corrected chi connectivity index (χ4v) is 7.79. The molecule has 8 rings (SSSR count). The molecular weight excluding hydrogens is 678 g/mol. The number of nitrogens with zero attached hydrogens (tertiary/aromatic N) is 4. The van der Waals surface area contributed by atoms with E-state index >= 15 is 0 Å². The fourth-order valence-electron chi connectivity index (χ4n) is 7.79. The molecule has 0 spiro atoms. The molecule has 266 valence electrons. The Labute approximate surface area is 312 Å². The lowest BCUT2D eigenvalue weighted by molar-refractivity contribution is -0.137. The lowest BCUT2D eigenvalue weighted by atomic mass is 9.86. The van der Waals surface area contributed by atoms with Gasteiger partial charge in [0.05, 0.1) is 45.6 Å². The summed E-state index contributed by atoms with van der Waals surface area (Å²) in [7, 11) is 0. The molecule has 0 saturated carbocycles. The zero-order chi connectivity index (χ0) is 38.3. The van der Waals surface area contributed by atoms with Crippen LogP contribution in [0.5, 0.6) is 0 Å². The van der Waals surface area contributed by atoms with Gasteiger partial charge in [0.2, 0.25) is 0 Å². The van der Waals surface area contributed by atoms with Crippen molar-refractivity contribution in [3.05, 3.63) is 149 Å². The number of hydrogen-bond acceptors (Lipinski definition) is 1. The number of hydrogen-bond donors (Lipinski definition) is 0. The normalized spacial score (nSPS) is 12.5. The number of para-hydroxylation sites is 2. The Hall–Kier alpha value is -6.31. The summed E-state index contributed by atoms with van der Waals surface area (Å²) in [6, 6.07) is 37.9. The van der Waals surface area contributed by atoms with Crippen LogP contribution in [0, 0.1) is 17.9 Å². The van der Waals surface area contributed by atoms with E-state index in [-0.39, 0.29) is 33.2 Å². The molecular formula is C47H37F3N4. The summed E-state index contributed by atoms with van der Waals surface area (Å²) >= 11 is 0. The Balaban J connectivity index is 1.58. The number of alkyl halides is 3. The minimum absolute atomic E-state index is 0.125. The highest BCUT2D eigenvalue weighted by Crippen LogP contribution is 2.46. The Morgan fingerprint density at radius 3 is 1.46 bits per heavy atom. The zero-order valence-corrected chi connectivity index (χ0v) is 30.9. The molecule has 2 heterocycles. The van der Waals surface area contributed by atoms with Crippen molar-refractivity contribution in [3.63, 3.8) is 0 Å². The van der Waals surface area contributed by atoms with E-state index in [4.69, 9.17) is 6.57 Å². The van der Waals surface area contributed by atoms with E-state index in [0.717, 1.165) is 60.8 Å². The number of benzene rings is 6. The molecule has 8 aromatic rings. The van der Waals surface area contributed by atoms with Gasteiger partial charge in [0.25, 0.3) is 0 Å².